The van der Waals surface area contributed by atoms with E-state index in [0.717, 1.165) is 6.42 Å². The first-order valence-corrected chi connectivity index (χ1v) is 11.5. The summed E-state index contributed by atoms with van der Waals surface area (Å²) in [5.41, 5.74) is 1.30. The Bertz CT molecular complexity index is 1410. The van der Waals surface area contributed by atoms with Gasteiger partial charge < -0.3 is 10.2 Å². The molecular formula is C26H20FN5O2S. The van der Waals surface area contributed by atoms with Crippen LogP contribution in [-0.2, 0) is 4.79 Å². The van der Waals surface area contributed by atoms with Crippen LogP contribution in [0.1, 0.15) is 40.9 Å². The molecule has 0 unspecified atom stereocenters. The number of nitrogens with zero attached hydrogens (tertiary/aromatic N) is 4. The number of carbonyl (C=O) groups excluding carboxylic acids is 2. The molecular weight excluding hydrogens is 465 g/mol. The van der Waals surface area contributed by atoms with Crippen molar-refractivity contribution in [3.8, 4) is 6.07 Å². The van der Waals surface area contributed by atoms with Crippen molar-refractivity contribution in [1.82, 2.24) is 4.98 Å². The van der Waals surface area contributed by atoms with Gasteiger partial charge in [-0.1, -0.05) is 18.2 Å². The summed E-state index contributed by atoms with van der Waals surface area (Å²) in [6.07, 6.45) is 3.43. The zero-order valence-corrected chi connectivity index (χ0v) is 19.6. The highest BCUT2D eigenvalue weighted by atomic mass is 32.1. The maximum Gasteiger partial charge on any atom is 0.259 e. The normalized spacial score (nSPS) is 16.3. The average molecular weight is 486 g/mol. The third-order valence-corrected chi connectivity index (χ3v) is 6.87. The molecule has 1 aliphatic heterocycles. The van der Waals surface area contributed by atoms with E-state index in [0.29, 0.717) is 35.5 Å². The highest BCUT2D eigenvalue weighted by Gasteiger charge is 2.59. The Morgan fingerprint density at radius 2 is 1.91 bits per heavy atom. The van der Waals surface area contributed by atoms with Gasteiger partial charge in [-0.3, -0.25) is 14.5 Å². The number of hydrogen-bond acceptors (Lipinski definition) is 5. The van der Waals surface area contributed by atoms with Crippen LogP contribution in [-0.4, -0.2) is 27.4 Å². The third kappa shape index (κ3) is 3.63. The van der Waals surface area contributed by atoms with E-state index in [4.69, 9.17) is 12.2 Å². The smallest absolute Gasteiger partial charge is 0.259 e. The number of amides is 2. The molecule has 7 nitrogen and oxygen atoms in total. The Morgan fingerprint density at radius 1 is 1.17 bits per heavy atom. The SMILES string of the molecule is Cc1cc(N2C(=O)C3(CCC3)N(c3ccc(C(=O)Nc4ccccc4)c(F)c3)C2=S)cnc1C#N. The summed E-state index contributed by atoms with van der Waals surface area (Å²) in [6.45, 7) is 1.74. The minimum Gasteiger partial charge on any atom is -0.322 e. The van der Waals surface area contributed by atoms with Crippen molar-refractivity contribution in [2.45, 2.75) is 31.7 Å². The molecule has 1 saturated carbocycles. The first-order valence-electron chi connectivity index (χ1n) is 11.1. The molecule has 1 saturated heterocycles. The molecule has 3 aromatic rings. The summed E-state index contributed by atoms with van der Waals surface area (Å²) < 4.78 is 15.1. The topological polar surface area (TPSA) is 89.3 Å². The Labute approximate surface area is 206 Å². The number of carbonyl (C=O) groups is 2. The Morgan fingerprint density at radius 3 is 2.51 bits per heavy atom. The minimum absolute atomic E-state index is 0.111. The fourth-order valence-electron chi connectivity index (χ4n) is 4.55. The van der Waals surface area contributed by atoms with Crippen LogP contribution in [0.4, 0.5) is 21.5 Å². The number of aromatic nitrogens is 1. The molecule has 2 aliphatic rings. The van der Waals surface area contributed by atoms with Crippen molar-refractivity contribution in [2.24, 2.45) is 0 Å². The Balaban J connectivity index is 1.48. The predicted molar refractivity (Wildman–Crippen MR) is 134 cm³/mol. The molecule has 0 radical (unpaired) electrons. The number of halogens is 1. The van der Waals surface area contributed by atoms with Crippen LogP contribution in [0.15, 0.2) is 60.8 Å². The first-order chi connectivity index (χ1) is 16.9. The molecule has 1 aromatic heterocycles. The van der Waals surface area contributed by atoms with E-state index in [1.165, 1.54) is 23.2 Å². The lowest BCUT2D eigenvalue weighted by atomic mass is 9.75. The van der Waals surface area contributed by atoms with Gasteiger partial charge in [-0.25, -0.2) is 9.37 Å². The molecule has 2 aromatic carbocycles. The largest absolute Gasteiger partial charge is 0.322 e. The zero-order valence-electron chi connectivity index (χ0n) is 18.8. The second-order valence-corrected chi connectivity index (χ2v) is 8.96. The van der Waals surface area contributed by atoms with Crippen molar-refractivity contribution in [2.75, 3.05) is 15.1 Å². The Kier molecular flexibility index (Phi) is 5.53. The molecule has 0 atom stereocenters. The number of nitriles is 1. The van der Waals surface area contributed by atoms with E-state index >= 15 is 4.39 Å². The van der Waals surface area contributed by atoms with Crippen molar-refractivity contribution >= 4 is 46.2 Å². The number of benzene rings is 2. The lowest BCUT2D eigenvalue weighted by molar-refractivity contribution is -0.123. The molecule has 174 valence electrons. The van der Waals surface area contributed by atoms with Crippen LogP contribution in [0, 0.1) is 24.1 Å². The van der Waals surface area contributed by atoms with E-state index in [1.54, 1.807) is 48.2 Å². The number of anilines is 3. The summed E-state index contributed by atoms with van der Waals surface area (Å²) in [7, 11) is 0. The van der Waals surface area contributed by atoms with E-state index in [-0.39, 0.29) is 22.3 Å². The average Bonchev–Trinajstić information content (AvgIpc) is 3.06. The van der Waals surface area contributed by atoms with Gasteiger partial charge in [0.05, 0.1) is 17.4 Å². The van der Waals surface area contributed by atoms with Gasteiger partial charge in [0.1, 0.15) is 23.1 Å². The molecule has 2 amide bonds. The van der Waals surface area contributed by atoms with Crippen molar-refractivity contribution in [3.63, 3.8) is 0 Å². The molecule has 2 heterocycles. The quantitative estimate of drug-likeness (QED) is 0.538. The lowest BCUT2D eigenvalue weighted by Crippen LogP contribution is -2.55. The maximum absolute atomic E-state index is 15.1. The van der Waals surface area contributed by atoms with Gasteiger partial charge in [0.25, 0.3) is 11.8 Å². The van der Waals surface area contributed by atoms with E-state index < -0.39 is 17.3 Å². The number of pyridine rings is 1. The predicted octanol–water partition coefficient (Wildman–Crippen LogP) is 4.71. The van der Waals surface area contributed by atoms with Crippen molar-refractivity contribution in [3.05, 3.63) is 83.4 Å². The Hall–Kier alpha value is -4.16. The molecule has 1 N–H and O–H groups in total. The van der Waals surface area contributed by atoms with E-state index in [1.807, 2.05) is 12.1 Å². The number of nitrogens with one attached hydrogen (secondary N) is 1. The van der Waals surface area contributed by atoms with Gasteiger partial charge in [0.15, 0.2) is 5.11 Å². The van der Waals surface area contributed by atoms with Crippen molar-refractivity contribution in [1.29, 1.82) is 5.26 Å². The van der Waals surface area contributed by atoms with Crippen LogP contribution in [0.25, 0.3) is 0 Å². The molecule has 2 fully saturated rings. The van der Waals surface area contributed by atoms with Gasteiger partial charge in [0, 0.05) is 11.4 Å². The summed E-state index contributed by atoms with van der Waals surface area (Å²) >= 11 is 5.71. The van der Waals surface area contributed by atoms with Crippen LogP contribution in [0.3, 0.4) is 0 Å². The fourth-order valence-corrected chi connectivity index (χ4v) is 5.02. The zero-order chi connectivity index (χ0) is 24.7. The fraction of sp³-hybridized carbons (Fsp3) is 0.192. The number of aryl methyl sites for hydroxylation is 1. The van der Waals surface area contributed by atoms with Crippen LogP contribution >= 0.6 is 12.2 Å². The summed E-state index contributed by atoms with van der Waals surface area (Å²) in [6, 6.07) is 16.8. The highest BCUT2D eigenvalue weighted by Crippen LogP contribution is 2.48. The molecule has 9 heteroatoms. The molecule has 0 bridgehead atoms. The molecule has 1 aliphatic carbocycles. The summed E-state index contributed by atoms with van der Waals surface area (Å²) in [5.74, 6) is -1.49. The number of hydrogen-bond donors (Lipinski definition) is 1. The third-order valence-electron chi connectivity index (χ3n) is 6.51. The van der Waals surface area contributed by atoms with E-state index in [2.05, 4.69) is 10.3 Å². The second kappa shape index (κ2) is 8.56. The maximum atomic E-state index is 15.1. The summed E-state index contributed by atoms with van der Waals surface area (Å²) in [4.78, 5) is 33.4. The second-order valence-electron chi connectivity index (χ2n) is 8.60. The van der Waals surface area contributed by atoms with Gasteiger partial charge in [-0.05, 0) is 80.4 Å². The monoisotopic (exact) mass is 485 g/mol. The number of thiocarbonyl (C=S) groups is 1. The van der Waals surface area contributed by atoms with Crippen LogP contribution in [0.5, 0.6) is 0 Å². The summed E-state index contributed by atoms with van der Waals surface area (Å²) in [5, 5.41) is 12.1. The van der Waals surface area contributed by atoms with Gasteiger partial charge in [-0.2, -0.15) is 5.26 Å². The first kappa shape index (κ1) is 22.6. The minimum atomic E-state index is -0.904. The highest BCUT2D eigenvalue weighted by molar-refractivity contribution is 7.81. The van der Waals surface area contributed by atoms with Gasteiger partial charge in [-0.15, -0.1) is 0 Å². The van der Waals surface area contributed by atoms with Crippen LogP contribution < -0.4 is 15.1 Å². The molecule has 35 heavy (non-hydrogen) atoms. The van der Waals surface area contributed by atoms with E-state index in [9.17, 15) is 14.9 Å². The van der Waals surface area contributed by atoms with Gasteiger partial charge >= 0.3 is 0 Å². The number of para-hydroxylation sites is 1. The van der Waals surface area contributed by atoms with Crippen molar-refractivity contribution < 1.29 is 14.0 Å². The molecule has 1 spiro atoms. The lowest BCUT2D eigenvalue weighted by Gasteiger charge is -2.43. The number of rotatable bonds is 4. The van der Waals surface area contributed by atoms with Gasteiger partial charge in [0.2, 0.25) is 0 Å². The standard InChI is InChI=1S/C26H20FN5O2S/c1-16-12-19(15-29-22(16)14-28)31-24(34)26(10-5-11-26)32(25(31)35)18-8-9-20(21(27)13-18)23(33)30-17-6-3-2-4-7-17/h2-4,6-9,12-13,15H,5,10-11H2,1H3,(H,30,33). The molecule has 5 rings (SSSR count). The van der Waals surface area contributed by atoms with Crippen LogP contribution in [0.2, 0.25) is 0 Å².